The molecule has 5 nitrogen and oxygen atoms in total. The predicted octanol–water partition coefficient (Wildman–Crippen LogP) is 1.21. The van der Waals surface area contributed by atoms with Gasteiger partial charge in [0.1, 0.15) is 5.84 Å². The molecule has 0 fully saturated rings. The largest absolute Gasteiger partial charge is 0.493 e. The van der Waals surface area contributed by atoms with Crippen LogP contribution in [0.1, 0.15) is 6.42 Å². The normalized spacial score (nSPS) is 11.1. The molecule has 0 saturated carbocycles. The summed E-state index contributed by atoms with van der Waals surface area (Å²) in [4.78, 5) is 0. The van der Waals surface area contributed by atoms with Gasteiger partial charge in [-0.3, -0.25) is 0 Å². The van der Waals surface area contributed by atoms with Crippen molar-refractivity contribution in [1.29, 1.82) is 0 Å². The predicted molar refractivity (Wildman–Crippen MR) is 56.5 cm³/mol. The van der Waals surface area contributed by atoms with Crippen LogP contribution in [0.2, 0.25) is 0 Å². The van der Waals surface area contributed by atoms with Gasteiger partial charge >= 0.3 is 0 Å². The first kappa shape index (κ1) is 11.2. The molecule has 3 N–H and O–H groups in total. The van der Waals surface area contributed by atoms with E-state index in [1.165, 1.54) is 0 Å². The summed E-state index contributed by atoms with van der Waals surface area (Å²) in [5.74, 6) is 1.45. The summed E-state index contributed by atoms with van der Waals surface area (Å²) < 4.78 is 10.5. The minimum absolute atomic E-state index is 0.143. The maximum atomic E-state index is 8.32. The van der Waals surface area contributed by atoms with Crippen molar-refractivity contribution >= 4 is 5.84 Å². The number of ether oxygens (including phenoxy) is 2. The van der Waals surface area contributed by atoms with Gasteiger partial charge in [-0.1, -0.05) is 17.3 Å². The van der Waals surface area contributed by atoms with Crippen molar-refractivity contribution in [2.45, 2.75) is 6.42 Å². The Morgan fingerprint density at radius 1 is 1.40 bits per heavy atom. The smallest absolute Gasteiger partial charge is 0.161 e. The van der Waals surface area contributed by atoms with E-state index in [0.717, 1.165) is 0 Å². The van der Waals surface area contributed by atoms with E-state index in [1.807, 2.05) is 12.1 Å². The summed E-state index contributed by atoms with van der Waals surface area (Å²) >= 11 is 0. The Balaban J connectivity index is 2.50. The van der Waals surface area contributed by atoms with Crippen molar-refractivity contribution in [3.05, 3.63) is 24.3 Å². The maximum Gasteiger partial charge on any atom is 0.161 e. The summed E-state index contributed by atoms with van der Waals surface area (Å²) in [6.45, 7) is 0.344. The van der Waals surface area contributed by atoms with E-state index in [2.05, 4.69) is 5.16 Å². The Hall–Kier alpha value is -1.91. The van der Waals surface area contributed by atoms with Crippen LogP contribution in [0.4, 0.5) is 0 Å². The molecule has 0 heterocycles. The lowest BCUT2D eigenvalue weighted by molar-refractivity contribution is 0.294. The Kier molecular flexibility index (Phi) is 4.28. The van der Waals surface area contributed by atoms with E-state index < -0.39 is 0 Å². The average Bonchev–Trinajstić information content (AvgIpc) is 2.29. The standard InChI is InChI=1S/C10H14N2O3/c1-14-8-4-2-3-5-9(8)15-7-6-10(11)12-13/h2-5,13H,6-7H2,1H3,(H2,11,12). The zero-order valence-corrected chi connectivity index (χ0v) is 8.51. The van der Waals surface area contributed by atoms with Crippen molar-refractivity contribution in [3.63, 3.8) is 0 Å². The summed E-state index contributed by atoms with van der Waals surface area (Å²) in [5, 5.41) is 11.2. The van der Waals surface area contributed by atoms with Crippen molar-refractivity contribution < 1.29 is 14.7 Å². The van der Waals surface area contributed by atoms with Crippen molar-refractivity contribution in [2.24, 2.45) is 10.9 Å². The van der Waals surface area contributed by atoms with Gasteiger partial charge in [-0.2, -0.15) is 0 Å². The Morgan fingerprint density at radius 3 is 2.67 bits per heavy atom. The highest BCUT2D eigenvalue weighted by atomic mass is 16.5. The number of hydrogen-bond donors (Lipinski definition) is 2. The highest BCUT2D eigenvalue weighted by Crippen LogP contribution is 2.25. The quantitative estimate of drug-likeness (QED) is 0.331. The second-order valence-electron chi connectivity index (χ2n) is 2.84. The molecular weight excluding hydrogens is 196 g/mol. The van der Waals surface area contributed by atoms with Crippen LogP contribution in [0.3, 0.4) is 0 Å². The summed E-state index contributed by atoms with van der Waals surface area (Å²) in [5.41, 5.74) is 5.30. The lowest BCUT2D eigenvalue weighted by atomic mass is 10.3. The molecule has 1 rings (SSSR count). The second kappa shape index (κ2) is 5.74. The zero-order chi connectivity index (χ0) is 11.1. The third-order valence-corrected chi connectivity index (χ3v) is 1.81. The van der Waals surface area contributed by atoms with E-state index >= 15 is 0 Å². The first-order chi connectivity index (χ1) is 7.27. The number of nitrogens with zero attached hydrogens (tertiary/aromatic N) is 1. The fourth-order valence-electron chi connectivity index (χ4n) is 1.05. The molecule has 0 bridgehead atoms. The molecule has 0 amide bonds. The van der Waals surface area contributed by atoms with Gasteiger partial charge in [-0.25, -0.2) is 0 Å². The number of nitrogens with two attached hydrogens (primary N) is 1. The monoisotopic (exact) mass is 210 g/mol. The molecule has 82 valence electrons. The van der Waals surface area contributed by atoms with Crippen LogP contribution in [0.5, 0.6) is 11.5 Å². The summed E-state index contributed by atoms with van der Waals surface area (Å²) in [6.07, 6.45) is 0.370. The van der Waals surface area contributed by atoms with Crippen LogP contribution < -0.4 is 15.2 Å². The van der Waals surface area contributed by atoms with Gasteiger partial charge in [0.05, 0.1) is 13.7 Å². The van der Waals surface area contributed by atoms with Crippen molar-refractivity contribution in [3.8, 4) is 11.5 Å². The zero-order valence-electron chi connectivity index (χ0n) is 8.51. The van der Waals surface area contributed by atoms with Gasteiger partial charge in [0.15, 0.2) is 11.5 Å². The first-order valence-electron chi connectivity index (χ1n) is 4.50. The van der Waals surface area contributed by atoms with E-state index in [0.29, 0.717) is 24.5 Å². The van der Waals surface area contributed by atoms with Crippen LogP contribution in [0, 0.1) is 0 Å². The highest BCUT2D eigenvalue weighted by molar-refractivity contribution is 5.79. The molecule has 0 aliphatic rings. The van der Waals surface area contributed by atoms with Gasteiger partial charge in [-0.15, -0.1) is 0 Å². The number of benzene rings is 1. The molecule has 0 aliphatic carbocycles. The van der Waals surface area contributed by atoms with Crippen LogP contribution in [0.25, 0.3) is 0 Å². The molecule has 0 spiro atoms. The van der Waals surface area contributed by atoms with Crippen molar-refractivity contribution in [1.82, 2.24) is 0 Å². The molecular formula is C10H14N2O3. The molecule has 0 saturated heterocycles. The lowest BCUT2D eigenvalue weighted by Crippen LogP contribution is -2.15. The molecule has 1 aromatic rings. The molecule has 0 aromatic heterocycles. The molecule has 1 aromatic carbocycles. The highest BCUT2D eigenvalue weighted by Gasteiger charge is 2.02. The molecule has 0 unspecified atom stereocenters. The molecule has 0 atom stereocenters. The number of para-hydroxylation sites is 2. The SMILES string of the molecule is COc1ccccc1OCC/C(N)=N/O. The molecule has 15 heavy (non-hydrogen) atoms. The molecule has 0 aliphatic heterocycles. The van der Waals surface area contributed by atoms with E-state index in [-0.39, 0.29) is 5.84 Å². The van der Waals surface area contributed by atoms with Gasteiger partial charge < -0.3 is 20.4 Å². The van der Waals surface area contributed by atoms with Crippen LogP contribution in [0.15, 0.2) is 29.4 Å². The fraction of sp³-hybridized carbons (Fsp3) is 0.300. The fourth-order valence-corrected chi connectivity index (χ4v) is 1.05. The van der Waals surface area contributed by atoms with Crippen LogP contribution >= 0.6 is 0 Å². The van der Waals surface area contributed by atoms with Gasteiger partial charge in [0.25, 0.3) is 0 Å². The summed E-state index contributed by atoms with van der Waals surface area (Å²) in [7, 11) is 1.58. The van der Waals surface area contributed by atoms with Gasteiger partial charge in [0, 0.05) is 6.42 Å². The van der Waals surface area contributed by atoms with Crippen molar-refractivity contribution in [2.75, 3.05) is 13.7 Å². The Morgan fingerprint density at radius 2 is 2.07 bits per heavy atom. The average molecular weight is 210 g/mol. The number of methoxy groups -OCH3 is 1. The number of amidine groups is 1. The first-order valence-corrected chi connectivity index (χ1v) is 4.50. The second-order valence-corrected chi connectivity index (χ2v) is 2.84. The minimum Gasteiger partial charge on any atom is -0.493 e. The van der Waals surface area contributed by atoms with E-state index in [1.54, 1.807) is 19.2 Å². The number of rotatable bonds is 5. The number of oxime groups is 1. The van der Waals surface area contributed by atoms with Gasteiger partial charge in [-0.05, 0) is 12.1 Å². The Labute approximate surface area is 88.1 Å². The van der Waals surface area contributed by atoms with Gasteiger partial charge in [0.2, 0.25) is 0 Å². The van der Waals surface area contributed by atoms with Crippen LogP contribution in [-0.2, 0) is 0 Å². The van der Waals surface area contributed by atoms with Crippen LogP contribution in [-0.4, -0.2) is 24.8 Å². The van der Waals surface area contributed by atoms with E-state index in [9.17, 15) is 0 Å². The topological polar surface area (TPSA) is 77.1 Å². The van der Waals surface area contributed by atoms with E-state index in [4.69, 9.17) is 20.4 Å². The molecule has 0 radical (unpaired) electrons. The minimum atomic E-state index is 0.143. The summed E-state index contributed by atoms with van der Waals surface area (Å²) in [6, 6.07) is 7.31. The maximum absolute atomic E-state index is 8.32. The third kappa shape index (κ3) is 3.38. The molecule has 5 heteroatoms. The third-order valence-electron chi connectivity index (χ3n) is 1.81. The number of hydrogen-bond acceptors (Lipinski definition) is 4. The lowest BCUT2D eigenvalue weighted by Gasteiger charge is -2.09. The Bertz CT molecular complexity index is 339.